The number of hydrogen-bond acceptors (Lipinski definition) is 7. The Morgan fingerprint density at radius 2 is 2.24 bits per heavy atom. The number of rotatable bonds is 4. The van der Waals surface area contributed by atoms with Crippen LogP contribution in [0, 0.1) is 0 Å². The van der Waals surface area contributed by atoms with Gasteiger partial charge in [0.15, 0.2) is 0 Å². The van der Waals surface area contributed by atoms with Crippen LogP contribution in [0.25, 0.3) is 10.6 Å². The average Bonchev–Trinajstić information content (AvgIpc) is 3.37. The number of thiophene rings is 1. The van der Waals surface area contributed by atoms with Crippen LogP contribution in [0.5, 0.6) is 0 Å². The van der Waals surface area contributed by atoms with E-state index in [1.165, 1.54) is 11.3 Å². The molecule has 4 rings (SSSR count). The van der Waals surface area contributed by atoms with Gasteiger partial charge in [-0.3, -0.25) is 5.32 Å². The average molecular weight is 372 g/mol. The maximum Gasteiger partial charge on any atom is 0.321 e. The molecule has 0 aliphatic carbocycles. The fourth-order valence-electron chi connectivity index (χ4n) is 2.72. The van der Waals surface area contributed by atoms with E-state index >= 15 is 0 Å². The minimum Gasteiger partial charge on any atom is -0.354 e. The summed E-state index contributed by atoms with van der Waals surface area (Å²) in [7, 11) is 0. The lowest BCUT2D eigenvalue weighted by atomic mass is 10.3. The standard InChI is InChI=1S/C16H16N6OS2/c23-15(19-16-21-20-14(25-16)11-5-8-24-10-11)18-12-4-7-22(9-12)13-3-1-2-6-17-13/h1-3,5-6,8,10,12H,4,7,9H2,(H2,18,19,21,23). The maximum absolute atomic E-state index is 12.2. The molecule has 1 fully saturated rings. The highest BCUT2D eigenvalue weighted by Crippen LogP contribution is 2.27. The third-order valence-corrected chi connectivity index (χ3v) is 5.48. The van der Waals surface area contributed by atoms with Crippen molar-refractivity contribution < 1.29 is 4.79 Å². The van der Waals surface area contributed by atoms with Crippen molar-refractivity contribution in [2.24, 2.45) is 0 Å². The van der Waals surface area contributed by atoms with E-state index in [4.69, 9.17) is 0 Å². The summed E-state index contributed by atoms with van der Waals surface area (Å²) in [4.78, 5) is 18.7. The summed E-state index contributed by atoms with van der Waals surface area (Å²) in [5.41, 5.74) is 1.03. The molecule has 0 saturated carbocycles. The van der Waals surface area contributed by atoms with E-state index < -0.39 is 0 Å². The van der Waals surface area contributed by atoms with Crippen LogP contribution in [0.3, 0.4) is 0 Å². The summed E-state index contributed by atoms with van der Waals surface area (Å²) in [6.07, 6.45) is 2.67. The van der Waals surface area contributed by atoms with Gasteiger partial charge in [-0.2, -0.15) is 11.3 Å². The Labute approximate surface area is 152 Å². The van der Waals surface area contributed by atoms with Gasteiger partial charge in [0.25, 0.3) is 0 Å². The van der Waals surface area contributed by atoms with Crippen LogP contribution in [0.1, 0.15) is 6.42 Å². The van der Waals surface area contributed by atoms with E-state index in [9.17, 15) is 4.79 Å². The van der Waals surface area contributed by atoms with Gasteiger partial charge in [-0.15, -0.1) is 10.2 Å². The van der Waals surface area contributed by atoms with Crippen molar-refractivity contribution >= 4 is 39.7 Å². The quantitative estimate of drug-likeness (QED) is 0.735. The molecular formula is C16H16N6OS2. The third-order valence-electron chi connectivity index (χ3n) is 3.91. The zero-order valence-electron chi connectivity index (χ0n) is 13.3. The summed E-state index contributed by atoms with van der Waals surface area (Å²) in [6, 6.07) is 7.67. The second kappa shape index (κ2) is 7.16. The predicted octanol–water partition coefficient (Wildman–Crippen LogP) is 3.06. The number of amides is 2. The number of carbonyl (C=O) groups is 1. The Balaban J connectivity index is 1.31. The fraction of sp³-hybridized carbons (Fsp3) is 0.250. The van der Waals surface area contributed by atoms with Crippen molar-refractivity contribution in [2.45, 2.75) is 12.5 Å². The molecule has 0 aromatic carbocycles. The highest BCUT2D eigenvalue weighted by atomic mass is 32.1. The number of pyridine rings is 1. The largest absolute Gasteiger partial charge is 0.354 e. The fourth-order valence-corrected chi connectivity index (χ4v) is 4.17. The number of aromatic nitrogens is 3. The molecule has 3 aromatic rings. The van der Waals surface area contributed by atoms with Crippen molar-refractivity contribution in [3.8, 4) is 10.6 Å². The highest BCUT2D eigenvalue weighted by Gasteiger charge is 2.25. The van der Waals surface area contributed by atoms with Gasteiger partial charge >= 0.3 is 6.03 Å². The second-order valence-corrected chi connectivity index (χ2v) is 7.40. The first kappa shape index (κ1) is 16.0. The lowest BCUT2D eigenvalue weighted by Gasteiger charge is -2.17. The lowest BCUT2D eigenvalue weighted by Crippen LogP contribution is -2.39. The molecule has 4 heterocycles. The Hall–Kier alpha value is -2.52. The van der Waals surface area contributed by atoms with E-state index in [1.807, 2.05) is 35.0 Å². The first-order valence-corrected chi connectivity index (χ1v) is 9.63. The Bertz CT molecular complexity index is 835. The zero-order chi connectivity index (χ0) is 17.1. The number of nitrogens with zero attached hydrogens (tertiary/aromatic N) is 4. The summed E-state index contributed by atoms with van der Waals surface area (Å²) in [6.45, 7) is 1.63. The number of hydrogen-bond donors (Lipinski definition) is 2. The molecule has 25 heavy (non-hydrogen) atoms. The van der Waals surface area contributed by atoms with Gasteiger partial charge in [0, 0.05) is 36.3 Å². The number of anilines is 2. The number of urea groups is 1. The van der Waals surface area contributed by atoms with E-state index in [2.05, 4.69) is 30.7 Å². The van der Waals surface area contributed by atoms with Crippen LogP contribution in [-0.4, -0.2) is 40.3 Å². The number of nitrogens with one attached hydrogen (secondary N) is 2. The second-order valence-electron chi connectivity index (χ2n) is 5.64. The molecular weight excluding hydrogens is 356 g/mol. The van der Waals surface area contributed by atoms with Crippen molar-refractivity contribution in [3.05, 3.63) is 41.2 Å². The molecule has 2 amide bonds. The van der Waals surface area contributed by atoms with Gasteiger partial charge in [-0.25, -0.2) is 9.78 Å². The molecule has 1 aliphatic heterocycles. The van der Waals surface area contributed by atoms with Crippen LogP contribution in [0.4, 0.5) is 15.7 Å². The van der Waals surface area contributed by atoms with Gasteiger partial charge in [-0.05, 0) is 30.0 Å². The van der Waals surface area contributed by atoms with Gasteiger partial charge < -0.3 is 10.2 Å². The first-order valence-electron chi connectivity index (χ1n) is 7.87. The van der Waals surface area contributed by atoms with E-state index in [0.29, 0.717) is 5.13 Å². The Morgan fingerprint density at radius 1 is 1.28 bits per heavy atom. The lowest BCUT2D eigenvalue weighted by molar-refractivity contribution is 0.249. The monoisotopic (exact) mass is 372 g/mol. The summed E-state index contributed by atoms with van der Waals surface area (Å²) in [5, 5.41) is 19.2. The van der Waals surface area contributed by atoms with E-state index in [1.54, 1.807) is 17.5 Å². The number of carbonyl (C=O) groups excluding carboxylic acids is 1. The minimum atomic E-state index is -0.249. The van der Waals surface area contributed by atoms with Crippen LogP contribution in [0.15, 0.2) is 41.2 Å². The van der Waals surface area contributed by atoms with Crippen LogP contribution in [0.2, 0.25) is 0 Å². The van der Waals surface area contributed by atoms with Gasteiger partial charge in [0.2, 0.25) is 5.13 Å². The molecule has 9 heteroatoms. The van der Waals surface area contributed by atoms with E-state index in [0.717, 1.165) is 35.9 Å². The molecule has 1 unspecified atom stereocenters. The topological polar surface area (TPSA) is 83.0 Å². The molecule has 1 saturated heterocycles. The van der Waals surface area contributed by atoms with Crippen LogP contribution >= 0.6 is 22.7 Å². The summed E-state index contributed by atoms with van der Waals surface area (Å²) >= 11 is 2.97. The van der Waals surface area contributed by atoms with Crippen LogP contribution < -0.4 is 15.5 Å². The SMILES string of the molecule is O=C(Nc1nnc(-c2ccsc2)s1)NC1CCN(c2ccccn2)C1. The Morgan fingerprint density at radius 3 is 3.04 bits per heavy atom. The van der Waals surface area contributed by atoms with Crippen molar-refractivity contribution in [1.82, 2.24) is 20.5 Å². The molecule has 0 bridgehead atoms. The summed E-state index contributed by atoms with van der Waals surface area (Å²) in [5.74, 6) is 0.941. The first-order chi connectivity index (χ1) is 12.3. The molecule has 3 aromatic heterocycles. The molecule has 0 spiro atoms. The minimum absolute atomic E-state index is 0.0891. The smallest absolute Gasteiger partial charge is 0.321 e. The van der Waals surface area contributed by atoms with Crippen molar-refractivity contribution in [1.29, 1.82) is 0 Å². The van der Waals surface area contributed by atoms with Gasteiger partial charge in [0.05, 0.1) is 0 Å². The zero-order valence-corrected chi connectivity index (χ0v) is 14.9. The van der Waals surface area contributed by atoms with Crippen LogP contribution in [-0.2, 0) is 0 Å². The molecule has 0 radical (unpaired) electrons. The molecule has 2 N–H and O–H groups in total. The molecule has 7 nitrogen and oxygen atoms in total. The Kier molecular flexibility index (Phi) is 4.57. The third kappa shape index (κ3) is 3.77. The highest BCUT2D eigenvalue weighted by molar-refractivity contribution is 7.19. The van der Waals surface area contributed by atoms with Gasteiger partial charge in [0.1, 0.15) is 10.8 Å². The summed E-state index contributed by atoms with van der Waals surface area (Å²) < 4.78 is 0. The predicted molar refractivity (Wildman–Crippen MR) is 100 cm³/mol. The molecule has 1 aliphatic rings. The van der Waals surface area contributed by atoms with Crippen molar-refractivity contribution in [3.63, 3.8) is 0 Å². The molecule has 1 atom stereocenters. The van der Waals surface area contributed by atoms with Crippen molar-refractivity contribution in [2.75, 3.05) is 23.3 Å². The van der Waals surface area contributed by atoms with Gasteiger partial charge in [-0.1, -0.05) is 17.4 Å². The normalized spacial score (nSPS) is 16.8. The molecule has 128 valence electrons. The maximum atomic E-state index is 12.2. The van der Waals surface area contributed by atoms with E-state index in [-0.39, 0.29) is 12.1 Å².